The first kappa shape index (κ1) is 52.8. The zero-order chi connectivity index (χ0) is 58.0. The molecule has 5 heteroatoms. The van der Waals surface area contributed by atoms with Gasteiger partial charge in [0.2, 0.25) is 0 Å². The Hall–Kier alpha value is -8.28. The second kappa shape index (κ2) is 18.1. The Morgan fingerprint density at radius 3 is 1.35 bits per heavy atom. The van der Waals surface area contributed by atoms with Gasteiger partial charge in [-0.1, -0.05) is 225 Å². The van der Waals surface area contributed by atoms with E-state index in [-0.39, 0.29) is 33.9 Å². The molecule has 9 aromatic carbocycles. The van der Waals surface area contributed by atoms with E-state index in [0.717, 1.165) is 11.4 Å². The van der Waals surface area contributed by atoms with E-state index < -0.39 is 0 Å². The maximum absolute atomic E-state index is 2.76. The van der Waals surface area contributed by atoms with Gasteiger partial charge in [-0.3, -0.25) is 4.57 Å². The molecule has 0 saturated heterocycles. The Morgan fingerprint density at radius 1 is 0.325 bits per heavy atom. The summed E-state index contributed by atoms with van der Waals surface area (Å²) >= 11 is 0. The van der Waals surface area contributed by atoms with Gasteiger partial charge in [0.25, 0.3) is 0 Å². The Bertz CT molecular complexity index is 4570. The third-order valence-electron chi connectivity index (χ3n) is 18.4. The molecule has 0 saturated carbocycles. The van der Waals surface area contributed by atoms with Gasteiger partial charge in [-0.05, 0) is 155 Å². The topological polar surface area (TPSA) is 18.0 Å². The summed E-state index contributed by atoms with van der Waals surface area (Å²) in [5, 5.41) is 5.10. The lowest BCUT2D eigenvalue weighted by atomic mass is 9.43. The summed E-state index contributed by atoms with van der Waals surface area (Å²) in [6.45, 7) is 35.0. The summed E-state index contributed by atoms with van der Waals surface area (Å²) in [5.74, 6) is 1.17. The molecule has 14 rings (SSSR count). The molecule has 0 bridgehead atoms. The quantitative estimate of drug-likeness (QED) is 0.157. The summed E-state index contributed by atoms with van der Waals surface area (Å²) < 4.78 is 7.87. The lowest BCUT2D eigenvalue weighted by Crippen LogP contribution is -2.61. The second-order valence-electron chi connectivity index (χ2n) is 29.1. The minimum Gasteiger partial charge on any atom is -0.362 e. The fraction of sp³-hybridized carbons (Fsp3) is 0.256. The van der Waals surface area contributed by atoms with Crippen LogP contribution >= 0.6 is 0 Å². The minimum absolute atomic E-state index is 0.0283. The monoisotopic (exact) mass is 1080 g/mol. The van der Waals surface area contributed by atoms with E-state index in [2.05, 4.69) is 316 Å². The normalized spacial score (nSPS) is 13.7. The molecule has 0 radical (unpaired) electrons. The van der Waals surface area contributed by atoms with Crippen LogP contribution in [0.2, 0.25) is 0 Å². The van der Waals surface area contributed by atoms with Crippen molar-refractivity contribution < 1.29 is 0 Å². The van der Waals surface area contributed by atoms with Gasteiger partial charge in [0.1, 0.15) is 5.82 Å². The summed E-state index contributed by atoms with van der Waals surface area (Å²) in [5.41, 5.74) is 25.8. The van der Waals surface area contributed by atoms with Crippen LogP contribution in [0.25, 0.3) is 94.2 Å². The van der Waals surface area contributed by atoms with E-state index in [9.17, 15) is 0 Å². The molecule has 2 aliphatic rings. The molecule has 0 N–H and O–H groups in total. The molecule has 83 heavy (non-hydrogen) atoms. The Morgan fingerprint density at radius 2 is 0.783 bits per heavy atom. The first-order valence-electron chi connectivity index (χ1n) is 30.1. The SMILES string of the molecule is CC(C)(C)c1ccc(N2B3c4c(cc(C(C)(C)C)cc4-n4c5cc6c7cc(C(C)(C)C)ccc7n(-c7ccc(C(C)(C)C)cc7)c6cc5c5cc(C(C)(C)C)cc3c54)-c3c(-c4ccccc4)c(-c4ccccc4)n(-c4ccccc4)c32)cc1. The number of para-hydroxylation sites is 1. The van der Waals surface area contributed by atoms with E-state index in [1.807, 2.05) is 0 Å². The van der Waals surface area contributed by atoms with Gasteiger partial charge in [0.15, 0.2) is 0 Å². The first-order valence-corrected chi connectivity index (χ1v) is 30.1. The highest BCUT2D eigenvalue weighted by Gasteiger charge is 2.48. The molecule has 4 nitrogen and oxygen atoms in total. The lowest BCUT2D eigenvalue weighted by Gasteiger charge is -2.43. The average molecular weight is 1080 g/mol. The standard InChI is InChI=1S/C78H77BN4/c1-74(2,3)50-31-36-56(37-32-50)80-64-40-35-52(76(7,8)9)41-58(64)59-46-66-60(47-65(59)80)61-42-53(77(10,11)12)44-63-72(61)82(66)67-45-54(78(13,14)15)43-62-69-68(48-25-19-16-20-26-48)71(49-27-21-17-22-28-49)81(55-29-23-18-24-30-55)73(69)83(79(63)70(62)67)57-38-33-51(34-39-57)75(4,5)6/h16-47H,1-15H3. The second-order valence-corrected chi connectivity index (χ2v) is 29.1. The van der Waals surface area contributed by atoms with E-state index in [0.29, 0.717) is 0 Å². The Kier molecular flexibility index (Phi) is 11.5. The molecule has 412 valence electrons. The van der Waals surface area contributed by atoms with Crippen molar-refractivity contribution in [2.45, 2.75) is 131 Å². The number of fused-ring (bicyclic) bond motifs is 10. The van der Waals surface area contributed by atoms with Crippen LogP contribution in [0.15, 0.2) is 194 Å². The van der Waals surface area contributed by atoms with Crippen LogP contribution in [0.1, 0.15) is 132 Å². The van der Waals surface area contributed by atoms with Gasteiger partial charge in [-0.25, -0.2) is 0 Å². The molecule has 0 aliphatic carbocycles. The fourth-order valence-electron chi connectivity index (χ4n) is 13.8. The third-order valence-corrected chi connectivity index (χ3v) is 18.4. The molecule has 2 aliphatic heterocycles. The molecule has 12 aromatic rings. The molecule has 0 fully saturated rings. The number of rotatable bonds is 5. The van der Waals surface area contributed by atoms with Crippen molar-refractivity contribution in [3.63, 3.8) is 0 Å². The first-order chi connectivity index (χ1) is 39.4. The summed E-state index contributed by atoms with van der Waals surface area (Å²) in [7, 11) is 0. The molecular formula is C78H77BN4. The smallest absolute Gasteiger partial charge is 0.334 e. The van der Waals surface area contributed by atoms with Crippen molar-refractivity contribution in [1.82, 2.24) is 13.7 Å². The van der Waals surface area contributed by atoms with Gasteiger partial charge in [-0.2, -0.15) is 0 Å². The molecule has 0 amide bonds. The number of anilines is 2. The van der Waals surface area contributed by atoms with E-state index >= 15 is 0 Å². The molecular weight excluding hydrogens is 1000 g/mol. The van der Waals surface area contributed by atoms with Gasteiger partial charge >= 0.3 is 6.85 Å². The Balaban J connectivity index is 1.20. The van der Waals surface area contributed by atoms with Crippen LogP contribution in [0, 0.1) is 0 Å². The maximum atomic E-state index is 2.76. The van der Waals surface area contributed by atoms with Crippen LogP contribution in [-0.4, -0.2) is 20.5 Å². The largest absolute Gasteiger partial charge is 0.362 e. The van der Waals surface area contributed by atoms with Crippen LogP contribution in [0.4, 0.5) is 11.5 Å². The lowest BCUT2D eigenvalue weighted by molar-refractivity contribution is 0.590. The zero-order valence-electron chi connectivity index (χ0n) is 51.3. The number of benzene rings is 9. The predicted octanol–water partition coefficient (Wildman–Crippen LogP) is 19.7. The summed E-state index contributed by atoms with van der Waals surface area (Å²) in [6.07, 6.45) is 0. The summed E-state index contributed by atoms with van der Waals surface area (Å²) in [4.78, 5) is 2.76. The van der Waals surface area contributed by atoms with E-state index in [1.165, 1.54) is 133 Å². The van der Waals surface area contributed by atoms with Gasteiger partial charge in [-0.15, -0.1) is 0 Å². The maximum Gasteiger partial charge on any atom is 0.334 e. The van der Waals surface area contributed by atoms with Crippen LogP contribution < -0.4 is 15.7 Å². The van der Waals surface area contributed by atoms with E-state index in [4.69, 9.17) is 0 Å². The van der Waals surface area contributed by atoms with Crippen molar-refractivity contribution in [1.29, 1.82) is 0 Å². The van der Waals surface area contributed by atoms with Gasteiger partial charge in [0, 0.05) is 55.4 Å². The minimum atomic E-state index is -0.215. The van der Waals surface area contributed by atoms with Crippen molar-refractivity contribution in [3.05, 3.63) is 222 Å². The highest BCUT2D eigenvalue weighted by molar-refractivity contribution is 6.93. The number of hydrogen-bond acceptors (Lipinski definition) is 1. The molecule has 0 atom stereocenters. The molecule has 5 heterocycles. The molecule has 0 unspecified atom stereocenters. The van der Waals surface area contributed by atoms with Crippen molar-refractivity contribution >= 4 is 72.9 Å². The van der Waals surface area contributed by atoms with Gasteiger partial charge < -0.3 is 13.9 Å². The highest BCUT2D eigenvalue weighted by Crippen LogP contribution is 2.56. The number of hydrogen-bond donors (Lipinski definition) is 0. The average Bonchev–Trinajstić information content (AvgIpc) is 1.91. The third kappa shape index (κ3) is 8.23. The predicted molar refractivity (Wildman–Crippen MR) is 358 cm³/mol. The number of nitrogens with zero attached hydrogens (tertiary/aromatic N) is 4. The van der Waals surface area contributed by atoms with Crippen molar-refractivity contribution in [3.8, 4) is 50.6 Å². The van der Waals surface area contributed by atoms with Crippen molar-refractivity contribution in [2.24, 2.45) is 0 Å². The van der Waals surface area contributed by atoms with E-state index in [1.54, 1.807) is 0 Å². The summed E-state index contributed by atoms with van der Waals surface area (Å²) in [6, 6.07) is 75.1. The van der Waals surface area contributed by atoms with Gasteiger partial charge in [0.05, 0.1) is 27.8 Å². The zero-order valence-corrected chi connectivity index (χ0v) is 51.3. The molecule has 0 spiro atoms. The number of aromatic nitrogens is 3. The molecule has 3 aromatic heterocycles. The fourth-order valence-corrected chi connectivity index (χ4v) is 13.8. The van der Waals surface area contributed by atoms with Crippen LogP contribution in [0.5, 0.6) is 0 Å². The Labute approximate surface area is 492 Å². The highest BCUT2D eigenvalue weighted by atomic mass is 15.2. The van der Waals surface area contributed by atoms with Crippen LogP contribution in [0.3, 0.4) is 0 Å². The van der Waals surface area contributed by atoms with Crippen LogP contribution in [-0.2, 0) is 27.1 Å². The van der Waals surface area contributed by atoms with Crippen molar-refractivity contribution in [2.75, 3.05) is 4.81 Å².